The van der Waals surface area contributed by atoms with Crippen LogP contribution in [0.25, 0.3) is 10.9 Å². The molecule has 154 valence electrons. The smallest absolute Gasteiger partial charge is 0.272 e. The quantitative estimate of drug-likeness (QED) is 0.700. The molecule has 3 aromatic rings. The standard InChI is InChI=1S/C23H24N4O3/c1-2-22(29)27-13-11-26(12-14-27)17-9-7-16(8-10-17)24-23(30)20-15-21(28)18-5-3-4-6-19(18)25-20/h3-10,15H,2,11-14H2,1H3,(H,24,30)(H,25,28). The summed E-state index contributed by atoms with van der Waals surface area (Å²) in [7, 11) is 0. The number of benzene rings is 2. The number of pyridine rings is 1. The van der Waals surface area contributed by atoms with Crippen molar-refractivity contribution in [3.05, 3.63) is 70.5 Å². The molecule has 2 aromatic carbocycles. The maximum atomic E-state index is 12.6. The zero-order valence-electron chi connectivity index (χ0n) is 16.9. The van der Waals surface area contributed by atoms with Gasteiger partial charge in [-0.25, -0.2) is 0 Å². The lowest BCUT2D eigenvalue weighted by molar-refractivity contribution is -0.131. The van der Waals surface area contributed by atoms with E-state index >= 15 is 0 Å². The van der Waals surface area contributed by atoms with Crippen LogP contribution >= 0.6 is 0 Å². The van der Waals surface area contributed by atoms with Crippen LogP contribution in [-0.4, -0.2) is 47.9 Å². The summed E-state index contributed by atoms with van der Waals surface area (Å²) in [4.78, 5) is 43.8. The highest BCUT2D eigenvalue weighted by molar-refractivity contribution is 6.04. The molecule has 1 aliphatic heterocycles. The van der Waals surface area contributed by atoms with Crippen molar-refractivity contribution in [3.63, 3.8) is 0 Å². The first kappa shape index (κ1) is 19.7. The van der Waals surface area contributed by atoms with Crippen LogP contribution in [0.5, 0.6) is 0 Å². The van der Waals surface area contributed by atoms with Crippen LogP contribution < -0.4 is 15.6 Å². The molecule has 0 bridgehead atoms. The molecule has 0 unspecified atom stereocenters. The number of nitrogens with one attached hydrogen (secondary N) is 2. The van der Waals surface area contributed by atoms with Crippen molar-refractivity contribution >= 4 is 34.1 Å². The van der Waals surface area contributed by atoms with Crippen LogP contribution in [0.15, 0.2) is 59.4 Å². The molecular formula is C23H24N4O3. The summed E-state index contributed by atoms with van der Waals surface area (Å²) in [6, 6.07) is 16.0. The zero-order chi connectivity index (χ0) is 21.1. The number of H-pyrrole nitrogens is 1. The third kappa shape index (κ3) is 4.05. The van der Waals surface area contributed by atoms with Crippen molar-refractivity contribution < 1.29 is 9.59 Å². The van der Waals surface area contributed by atoms with Gasteiger partial charge in [0.25, 0.3) is 5.91 Å². The van der Waals surface area contributed by atoms with Gasteiger partial charge in [0.2, 0.25) is 5.91 Å². The molecule has 7 heteroatoms. The molecule has 0 saturated carbocycles. The number of aromatic amines is 1. The Bertz CT molecular complexity index is 1130. The normalized spacial score (nSPS) is 14.0. The van der Waals surface area contributed by atoms with Gasteiger partial charge in [0.1, 0.15) is 5.69 Å². The molecule has 7 nitrogen and oxygen atoms in total. The van der Waals surface area contributed by atoms with Gasteiger partial charge in [0.15, 0.2) is 5.43 Å². The van der Waals surface area contributed by atoms with E-state index in [2.05, 4.69) is 15.2 Å². The Hall–Kier alpha value is -3.61. The minimum absolute atomic E-state index is 0.189. The van der Waals surface area contributed by atoms with Gasteiger partial charge in [0, 0.05) is 60.9 Å². The lowest BCUT2D eigenvalue weighted by atomic mass is 10.2. The molecule has 30 heavy (non-hydrogen) atoms. The number of anilines is 2. The molecule has 0 atom stereocenters. The van der Waals surface area contributed by atoms with E-state index in [1.807, 2.05) is 42.2 Å². The van der Waals surface area contributed by atoms with Crippen LogP contribution in [0.1, 0.15) is 23.8 Å². The number of hydrogen-bond acceptors (Lipinski definition) is 4. The van der Waals surface area contributed by atoms with Gasteiger partial charge >= 0.3 is 0 Å². The molecule has 4 rings (SSSR count). The number of hydrogen-bond donors (Lipinski definition) is 2. The number of carbonyl (C=O) groups is 2. The van der Waals surface area contributed by atoms with Crippen LogP contribution in [0.3, 0.4) is 0 Å². The monoisotopic (exact) mass is 404 g/mol. The van der Waals surface area contributed by atoms with Crippen molar-refractivity contribution in [2.45, 2.75) is 13.3 Å². The second-order valence-electron chi connectivity index (χ2n) is 7.32. The molecule has 2 N–H and O–H groups in total. The molecule has 0 radical (unpaired) electrons. The molecule has 1 fully saturated rings. The largest absolute Gasteiger partial charge is 0.368 e. The Morgan fingerprint density at radius 1 is 1.00 bits per heavy atom. The summed E-state index contributed by atoms with van der Waals surface area (Å²) in [5, 5.41) is 3.38. The van der Waals surface area contributed by atoms with E-state index in [-0.39, 0.29) is 22.9 Å². The summed E-state index contributed by atoms with van der Waals surface area (Å²) in [6.45, 7) is 4.90. The van der Waals surface area contributed by atoms with E-state index in [1.165, 1.54) is 6.07 Å². The number of amides is 2. The number of nitrogens with zero attached hydrogens (tertiary/aromatic N) is 2. The Morgan fingerprint density at radius 2 is 1.70 bits per heavy atom. The molecule has 2 amide bonds. The average molecular weight is 404 g/mol. The van der Waals surface area contributed by atoms with Gasteiger partial charge < -0.3 is 20.1 Å². The molecule has 1 aromatic heterocycles. The summed E-state index contributed by atoms with van der Waals surface area (Å²) < 4.78 is 0. The van der Waals surface area contributed by atoms with Crippen molar-refractivity contribution in [2.24, 2.45) is 0 Å². The zero-order valence-corrected chi connectivity index (χ0v) is 16.9. The second-order valence-corrected chi connectivity index (χ2v) is 7.32. The Morgan fingerprint density at radius 3 is 2.40 bits per heavy atom. The Balaban J connectivity index is 1.42. The third-order valence-corrected chi connectivity index (χ3v) is 5.41. The van der Waals surface area contributed by atoms with Gasteiger partial charge in [-0.1, -0.05) is 19.1 Å². The fraction of sp³-hybridized carbons (Fsp3) is 0.261. The Labute approximate surface area is 174 Å². The van der Waals surface area contributed by atoms with Gasteiger partial charge in [-0.2, -0.15) is 0 Å². The van der Waals surface area contributed by atoms with Crippen molar-refractivity contribution in [3.8, 4) is 0 Å². The van der Waals surface area contributed by atoms with E-state index in [9.17, 15) is 14.4 Å². The highest BCUT2D eigenvalue weighted by Gasteiger charge is 2.20. The minimum Gasteiger partial charge on any atom is -0.368 e. The number of para-hydroxylation sites is 1. The predicted octanol–water partition coefficient (Wildman–Crippen LogP) is 2.84. The molecule has 1 saturated heterocycles. The maximum Gasteiger partial charge on any atom is 0.272 e. The molecule has 1 aliphatic rings. The van der Waals surface area contributed by atoms with Crippen molar-refractivity contribution in [1.29, 1.82) is 0 Å². The van der Waals surface area contributed by atoms with Gasteiger partial charge in [-0.05, 0) is 36.4 Å². The number of piperazine rings is 1. The van der Waals surface area contributed by atoms with Gasteiger partial charge in [0.05, 0.1) is 0 Å². The first-order chi connectivity index (χ1) is 14.5. The second kappa shape index (κ2) is 8.41. The number of rotatable bonds is 4. The summed E-state index contributed by atoms with van der Waals surface area (Å²) in [5.74, 6) is -0.170. The van der Waals surface area contributed by atoms with Crippen molar-refractivity contribution in [1.82, 2.24) is 9.88 Å². The maximum absolute atomic E-state index is 12.6. The minimum atomic E-state index is -0.364. The van der Waals surface area contributed by atoms with Gasteiger partial charge in [-0.3, -0.25) is 14.4 Å². The lowest BCUT2D eigenvalue weighted by Gasteiger charge is -2.36. The van der Waals surface area contributed by atoms with Crippen LogP contribution in [0, 0.1) is 0 Å². The van der Waals surface area contributed by atoms with Crippen LogP contribution in [0.2, 0.25) is 0 Å². The van der Waals surface area contributed by atoms with E-state index in [0.29, 0.717) is 23.0 Å². The summed E-state index contributed by atoms with van der Waals surface area (Å²) >= 11 is 0. The topological polar surface area (TPSA) is 85.5 Å². The Kier molecular flexibility index (Phi) is 5.52. The lowest BCUT2D eigenvalue weighted by Crippen LogP contribution is -2.48. The summed E-state index contributed by atoms with van der Waals surface area (Å²) in [6.07, 6.45) is 0.539. The van der Waals surface area contributed by atoms with Crippen LogP contribution in [0.4, 0.5) is 11.4 Å². The molecule has 0 spiro atoms. The third-order valence-electron chi connectivity index (χ3n) is 5.41. The van der Waals surface area contributed by atoms with E-state index in [0.717, 1.165) is 31.9 Å². The highest BCUT2D eigenvalue weighted by Crippen LogP contribution is 2.20. The molecule has 2 heterocycles. The van der Waals surface area contributed by atoms with Gasteiger partial charge in [-0.15, -0.1) is 0 Å². The fourth-order valence-electron chi connectivity index (χ4n) is 3.71. The van der Waals surface area contributed by atoms with E-state index in [4.69, 9.17) is 0 Å². The highest BCUT2D eigenvalue weighted by atomic mass is 16.2. The van der Waals surface area contributed by atoms with Crippen LogP contribution in [-0.2, 0) is 4.79 Å². The average Bonchev–Trinajstić information content (AvgIpc) is 2.79. The van der Waals surface area contributed by atoms with E-state index in [1.54, 1.807) is 18.2 Å². The first-order valence-electron chi connectivity index (χ1n) is 10.1. The molecule has 0 aliphatic carbocycles. The fourth-order valence-corrected chi connectivity index (χ4v) is 3.71. The van der Waals surface area contributed by atoms with E-state index < -0.39 is 0 Å². The summed E-state index contributed by atoms with van der Waals surface area (Å²) in [5.41, 5.74) is 2.37. The number of aromatic nitrogens is 1. The first-order valence-corrected chi connectivity index (χ1v) is 10.1. The molecular weight excluding hydrogens is 380 g/mol. The number of carbonyl (C=O) groups excluding carboxylic acids is 2. The number of fused-ring (bicyclic) bond motifs is 1. The SMILES string of the molecule is CCC(=O)N1CCN(c2ccc(NC(=O)c3cc(=O)c4ccccc4[nH]3)cc2)CC1. The van der Waals surface area contributed by atoms with Crippen molar-refractivity contribution in [2.75, 3.05) is 36.4 Å². The predicted molar refractivity (Wildman–Crippen MR) is 118 cm³/mol.